The van der Waals surface area contributed by atoms with Crippen LogP contribution < -0.4 is 10.6 Å². The fraction of sp³-hybridized carbons (Fsp3) is 0.444. The van der Waals surface area contributed by atoms with E-state index in [0.29, 0.717) is 24.1 Å². The average Bonchev–Trinajstić information content (AvgIpc) is 2.29. The molecular formula is C9H13ClN4O2. The number of amides is 1. The summed E-state index contributed by atoms with van der Waals surface area (Å²) in [6.45, 7) is 1.12. The standard InChI is InChI=1S/C9H13ClN4O2/c1-16-5-4-11-9(15)6-12-8-3-2-7(10)13-14-8/h2-3H,4-6H2,1H3,(H,11,15)(H,12,14). The van der Waals surface area contributed by atoms with Gasteiger partial charge in [0.05, 0.1) is 13.2 Å². The summed E-state index contributed by atoms with van der Waals surface area (Å²) in [4.78, 5) is 11.3. The number of rotatable bonds is 6. The molecule has 16 heavy (non-hydrogen) atoms. The summed E-state index contributed by atoms with van der Waals surface area (Å²) in [5, 5.41) is 13.2. The van der Waals surface area contributed by atoms with E-state index in [1.54, 1.807) is 19.2 Å². The van der Waals surface area contributed by atoms with Crippen molar-refractivity contribution in [3.8, 4) is 0 Å². The van der Waals surface area contributed by atoms with Gasteiger partial charge < -0.3 is 15.4 Å². The molecule has 0 bridgehead atoms. The molecule has 0 fully saturated rings. The molecule has 7 heteroatoms. The van der Waals surface area contributed by atoms with Gasteiger partial charge in [0, 0.05) is 13.7 Å². The smallest absolute Gasteiger partial charge is 0.239 e. The van der Waals surface area contributed by atoms with Crippen LogP contribution in [0, 0.1) is 0 Å². The third kappa shape index (κ3) is 4.90. The maximum atomic E-state index is 11.3. The monoisotopic (exact) mass is 244 g/mol. The molecular weight excluding hydrogens is 232 g/mol. The van der Waals surface area contributed by atoms with Gasteiger partial charge in [0.2, 0.25) is 5.91 Å². The van der Waals surface area contributed by atoms with Crippen LogP contribution in [0.3, 0.4) is 0 Å². The lowest BCUT2D eigenvalue weighted by molar-refractivity contribution is -0.119. The van der Waals surface area contributed by atoms with E-state index < -0.39 is 0 Å². The van der Waals surface area contributed by atoms with Gasteiger partial charge in [-0.3, -0.25) is 4.79 Å². The van der Waals surface area contributed by atoms with E-state index in [1.165, 1.54) is 0 Å². The lowest BCUT2D eigenvalue weighted by Crippen LogP contribution is -2.32. The molecule has 88 valence electrons. The van der Waals surface area contributed by atoms with Crippen LogP contribution >= 0.6 is 11.6 Å². The maximum absolute atomic E-state index is 11.3. The molecule has 0 atom stereocenters. The maximum Gasteiger partial charge on any atom is 0.239 e. The van der Waals surface area contributed by atoms with Gasteiger partial charge in [0.25, 0.3) is 0 Å². The van der Waals surface area contributed by atoms with Crippen molar-refractivity contribution in [1.29, 1.82) is 0 Å². The van der Waals surface area contributed by atoms with Gasteiger partial charge in [-0.2, -0.15) is 0 Å². The molecule has 1 rings (SSSR count). The number of hydrogen-bond acceptors (Lipinski definition) is 5. The Hall–Kier alpha value is -1.40. The summed E-state index contributed by atoms with van der Waals surface area (Å²) < 4.78 is 4.80. The van der Waals surface area contributed by atoms with Gasteiger partial charge in [-0.25, -0.2) is 0 Å². The van der Waals surface area contributed by atoms with Crippen LogP contribution in [-0.4, -0.2) is 42.9 Å². The van der Waals surface area contributed by atoms with Crippen LogP contribution in [0.2, 0.25) is 5.15 Å². The van der Waals surface area contributed by atoms with Gasteiger partial charge in [0.1, 0.15) is 5.82 Å². The van der Waals surface area contributed by atoms with Gasteiger partial charge >= 0.3 is 0 Å². The van der Waals surface area contributed by atoms with Crippen LogP contribution in [-0.2, 0) is 9.53 Å². The van der Waals surface area contributed by atoms with Gasteiger partial charge in [-0.1, -0.05) is 11.6 Å². The van der Waals surface area contributed by atoms with E-state index in [-0.39, 0.29) is 12.5 Å². The Balaban J connectivity index is 2.23. The molecule has 0 aliphatic carbocycles. The third-order valence-corrected chi connectivity index (χ3v) is 1.89. The molecule has 1 aromatic heterocycles. The summed E-state index contributed by atoms with van der Waals surface area (Å²) in [6, 6.07) is 3.25. The fourth-order valence-electron chi connectivity index (χ4n) is 0.936. The largest absolute Gasteiger partial charge is 0.383 e. The van der Waals surface area contributed by atoms with Gasteiger partial charge in [-0.05, 0) is 12.1 Å². The van der Waals surface area contributed by atoms with Crippen molar-refractivity contribution >= 4 is 23.3 Å². The van der Waals surface area contributed by atoms with E-state index >= 15 is 0 Å². The Morgan fingerprint density at radius 2 is 2.31 bits per heavy atom. The number of carbonyl (C=O) groups excluding carboxylic acids is 1. The molecule has 0 aliphatic heterocycles. The Morgan fingerprint density at radius 1 is 1.50 bits per heavy atom. The molecule has 0 saturated heterocycles. The Morgan fingerprint density at radius 3 is 2.94 bits per heavy atom. The summed E-state index contributed by atoms with van der Waals surface area (Å²) in [7, 11) is 1.58. The molecule has 1 heterocycles. The first-order chi connectivity index (χ1) is 7.72. The van der Waals surface area contributed by atoms with Crippen molar-refractivity contribution < 1.29 is 9.53 Å². The molecule has 0 radical (unpaired) electrons. The number of hydrogen-bond donors (Lipinski definition) is 2. The van der Waals surface area contributed by atoms with Crippen LogP contribution in [0.25, 0.3) is 0 Å². The molecule has 0 aliphatic rings. The molecule has 0 saturated carbocycles. The van der Waals surface area contributed by atoms with Crippen molar-refractivity contribution in [3.63, 3.8) is 0 Å². The van der Waals surface area contributed by atoms with Crippen molar-refractivity contribution in [2.24, 2.45) is 0 Å². The molecule has 0 aromatic carbocycles. The Labute approximate surface area is 98.3 Å². The Kier molecular flexibility index (Phi) is 5.52. The predicted octanol–water partition coefficient (Wildman–Crippen LogP) is 0.304. The van der Waals surface area contributed by atoms with Crippen LogP contribution in [0.4, 0.5) is 5.82 Å². The zero-order valence-electron chi connectivity index (χ0n) is 8.86. The minimum atomic E-state index is -0.131. The molecule has 1 amide bonds. The molecule has 6 nitrogen and oxygen atoms in total. The van der Waals surface area contributed by atoms with Crippen molar-refractivity contribution in [3.05, 3.63) is 17.3 Å². The van der Waals surface area contributed by atoms with Crippen LogP contribution in [0.5, 0.6) is 0 Å². The number of nitrogens with one attached hydrogen (secondary N) is 2. The van der Waals surface area contributed by atoms with Crippen LogP contribution in [0.1, 0.15) is 0 Å². The van der Waals surface area contributed by atoms with E-state index in [1.807, 2.05) is 0 Å². The highest BCUT2D eigenvalue weighted by atomic mass is 35.5. The summed E-state index contributed by atoms with van der Waals surface area (Å²) in [6.07, 6.45) is 0. The second-order valence-corrected chi connectivity index (χ2v) is 3.32. The van der Waals surface area contributed by atoms with E-state index in [0.717, 1.165) is 0 Å². The molecule has 0 unspecified atom stereocenters. The van der Waals surface area contributed by atoms with Crippen molar-refractivity contribution in [2.75, 3.05) is 32.1 Å². The van der Waals surface area contributed by atoms with Crippen molar-refractivity contribution in [2.45, 2.75) is 0 Å². The zero-order chi connectivity index (χ0) is 11.8. The number of nitrogens with zero attached hydrogens (tertiary/aromatic N) is 2. The normalized spacial score (nSPS) is 9.88. The number of methoxy groups -OCH3 is 1. The quantitative estimate of drug-likeness (QED) is 0.704. The highest BCUT2D eigenvalue weighted by Gasteiger charge is 2.01. The molecule has 1 aromatic rings. The summed E-state index contributed by atoms with van der Waals surface area (Å²) in [5.41, 5.74) is 0. The SMILES string of the molecule is COCCNC(=O)CNc1ccc(Cl)nn1. The highest BCUT2D eigenvalue weighted by Crippen LogP contribution is 2.05. The average molecular weight is 245 g/mol. The van der Waals surface area contributed by atoms with Crippen LogP contribution in [0.15, 0.2) is 12.1 Å². The number of anilines is 1. The van der Waals surface area contributed by atoms with E-state index in [4.69, 9.17) is 16.3 Å². The third-order valence-electron chi connectivity index (χ3n) is 1.69. The molecule has 2 N–H and O–H groups in total. The number of halogens is 1. The van der Waals surface area contributed by atoms with Gasteiger partial charge in [-0.15, -0.1) is 10.2 Å². The highest BCUT2D eigenvalue weighted by molar-refractivity contribution is 6.29. The predicted molar refractivity (Wildman–Crippen MR) is 60.4 cm³/mol. The van der Waals surface area contributed by atoms with E-state index in [9.17, 15) is 4.79 Å². The first-order valence-electron chi connectivity index (χ1n) is 4.71. The second kappa shape index (κ2) is 6.97. The fourth-order valence-corrected chi connectivity index (χ4v) is 1.04. The van der Waals surface area contributed by atoms with E-state index in [2.05, 4.69) is 20.8 Å². The second-order valence-electron chi connectivity index (χ2n) is 2.94. The van der Waals surface area contributed by atoms with Crippen molar-refractivity contribution in [1.82, 2.24) is 15.5 Å². The zero-order valence-corrected chi connectivity index (χ0v) is 9.62. The lowest BCUT2D eigenvalue weighted by atomic mass is 10.5. The Bertz CT molecular complexity index is 331. The first-order valence-corrected chi connectivity index (χ1v) is 5.09. The minimum Gasteiger partial charge on any atom is -0.383 e. The number of ether oxygens (including phenoxy) is 1. The molecule has 0 spiro atoms. The number of aromatic nitrogens is 2. The minimum absolute atomic E-state index is 0.131. The first kappa shape index (κ1) is 12.7. The van der Waals surface area contributed by atoms with Gasteiger partial charge in [0.15, 0.2) is 5.15 Å². The topological polar surface area (TPSA) is 76.1 Å². The summed E-state index contributed by atoms with van der Waals surface area (Å²) >= 11 is 5.56. The lowest BCUT2D eigenvalue weighted by Gasteiger charge is -2.05. The summed E-state index contributed by atoms with van der Waals surface area (Å²) in [5.74, 6) is 0.375. The number of carbonyl (C=O) groups is 1.